The summed E-state index contributed by atoms with van der Waals surface area (Å²) in [6, 6.07) is 86.8. The van der Waals surface area contributed by atoms with Crippen LogP contribution in [0, 0.1) is 0 Å². The number of alkyl halides is 24. The van der Waals surface area contributed by atoms with Gasteiger partial charge < -0.3 is 20.4 Å². The Labute approximate surface area is 762 Å². The molecule has 0 bridgehead atoms. The Balaban J connectivity index is 0.000000232. The molecule has 34 heteroatoms. The van der Waals surface area contributed by atoms with E-state index in [1.807, 2.05) is 0 Å². The zero-order valence-electron chi connectivity index (χ0n) is 69.4. The molecule has 13 aromatic rings. The third-order valence-electron chi connectivity index (χ3n) is 21.3. The van der Waals surface area contributed by atoms with Gasteiger partial charge >= 0.3 is 66.5 Å². The van der Waals surface area contributed by atoms with Crippen LogP contribution in [0.3, 0.4) is 0 Å². The van der Waals surface area contributed by atoms with Crippen LogP contribution in [0.2, 0.25) is 0 Å². The van der Waals surface area contributed by atoms with Crippen LogP contribution >= 0.6 is 23.8 Å². The zero-order chi connectivity index (χ0) is 93.5. The minimum absolute atomic E-state index is 0. The van der Waals surface area contributed by atoms with E-state index in [0.29, 0.717) is 0 Å². The predicted molar refractivity (Wildman–Crippen MR) is 475 cm³/mol. The van der Waals surface area contributed by atoms with Crippen molar-refractivity contribution in [2.45, 2.75) is 87.9 Å². The second-order valence-corrected chi connectivity index (χ2v) is 39.0. The summed E-state index contributed by atoms with van der Waals surface area (Å²) in [7, 11) is -4.30. The van der Waals surface area contributed by atoms with Crippen molar-refractivity contribution in [1.82, 2.24) is 6.15 Å². The Morgan fingerprint density at radius 3 is 0.485 bits per heavy atom. The van der Waals surface area contributed by atoms with Crippen molar-refractivity contribution in [3.8, 4) is 0 Å². The van der Waals surface area contributed by atoms with Crippen LogP contribution in [0.1, 0.15) is 83.0 Å². The van der Waals surface area contributed by atoms with Crippen LogP contribution < -0.4 is 91.3 Å². The quantitative estimate of drug-likeness (QED) is 0.0453. The SMILES string of the molecule is C1CCOC1.C1CCOC1.C1CCOC1.FC(F)(F)c1cc([B-](c2cc(C(F)(F)F)cc(C(F)(F)F)c2)(c2cc(C(F)(F)F)cc(C(F)(F)F)c2)c2cc(C(F)(F)F)cc(C(F)(F)F)c2)cc(C(F)(F)F)c1.N.[Fe+2].c1ccc(P(c2ccccc2)c2ccccc2[Si-](c2ccccc2P(c2ccccc2)c2ccccc2)c2ccccc2P(c2ccccc2)c2ccccc2)cc1. The Morgan fingerprint density at radius 1 is 0.205 bits per heavy atom. The van der Waals surface area contributed by atoms with Gasteiger partial charge in [-0.1, -0.05) is 303 Å². The maximum Gasteiger partial charge on any atom is 2.00 e. The van der Waals surface area contributed by atoms with E-state index >= 15 is 0 Å². The number of hydrogen-bond donors (Lipinski definition) is 1. The van der Waals surface area contributed by atoms with E-state index in [9.17, 15) is 105 Å². The molecule has 0 spiro atoms. The molecule has 3 heterocycles. The van der Waals surface area contributed by atoms with E-state index in [0.717, 1.165) is 39.6 Å². The van der Waals surface area contributed by atoms with Gasteiger partial charge in [-0.3, -0.25) is 0 Å². The van der Waals surface area contributed by atoms with Gasteiger partial charge in [0.1, 0.15) is 6.15 Å². The van der Waals surface area contributed by atoms with Crippen molar-refractivity contribution in [2.24, 2.45) is 0 Å². The molecule has 3 saturated heterocycles. The van der Waals surface area contributed by atoms with Crippen LogP contribution in [0.4, 0.5) is 105 Å². The fourth-order valence-electron chi connectivity index (χ4n) is 15.4. The molecule has 694 valence electrons. The van der Waals surface area contributed by atoms with E-state index in [4.69, 9.17) is 14.2 Å². The summed E-state index contributed by atoms with van der Waals surface area (Å²) in [5.74, 6) is 0. The maximum atomic E-state index is 14.2. The summed E-state index contributed by atoms with van der Waals surface area (Å²) in [4.78, 5) is 0. The van der Waals surface area contributed by atoms with Crippen LogP contribution in [-0.2, 0) is 80.7 Å². The third kappa shape index (κ3) is 26.4. The van der Waals surface area contributed by atoms with Crippen molar-refractivity contribution >= 4 is 124 Å². The van der Waals surface area contributed by atoms with Gasteiger partial charge in [-0.25, -0.2) is 8.80 Å². The second kappa shape index (κ2) is 45.0. The fourth-order valence-corrected chi connectivity index (χ4v) is 27.1. The summed E-state index contributed by atoms with van der Waals surface area (Å²) >= 11 is 0. The molecule has 4 nitrogen and oxygen atoms in total. The van der Waals surface area contributed by atoms with Crippen LogP contribution in [0.15, 0.2) is 328 Å². The summed E-state index contributed by atoms with van der Waals surface area (Å²) in [5, 5.41) is 16.9. The first-order valence-corrected chi connectivity index (χ1v) is 46.1. The van der Waals surface area contributed by atoms with Gasteiger partial charge in [0.15, 0.2) is 0 Å². The van der Waals surface area contributed by atoms with Gasteiger partial charge in [-0.15, -0.1) is 0 Å². The number of halogens is 24. The minimum Gasteiger partial charge on any atom is -0.381 e. The average Bonchev–Trinajstić information content (AvgIpc) is 0.743. The molecule has 0 unspecified atom stereocenters. The van der Waals surface area contributed by atoms with Crippen molar-refractivity contribution in [1.29, 1.82) is 0 Å². The molecule has 16 rings (SSSR count). The molecule has 0 aliphatic carbocycles. The maximum absolute atomic E-state index is 14.2. The number of ether oxygens (including phenoxy) is 3. The number of benzene rings is 13. The van der Waals surface area contributed by atoms with E-state index in [1.54, 1.807) is 0 Å². The van der Waals surface area contributed by atoms with Gasteiger partial charge in [0, 0.05) is 39.6 Å². The van der Waals surface area contributed by atoms with Crippen molar-refractivity contribution in [3.63, 3.8) is 0 Å². The first-order chi connectivity index (χ1) is 61.6. The summed E-state index contributed by atoms with van der Waals surface area (Å²) in [5.41, 5.74) is -30.2. The van der Waals surface area contributed by atoms with Crippen LogP contribution in [0.25, 0.3) is 0 Å². The summed E-state index contributed by atoms with van der Waals surface area (Å²) in [6.45, 7) is 6.00. The first-order valence-electron chi connectivity index (χ1n) is 40.6. The minimum atomic E-state index is -6.13. The average molecular weight is 1960 g/mol. The Bertz CT molecular complexity index is 4950. The smallest absolute Gasteiger partial charge is 0.381 e. The van der Waals surface area contributed by atoms with E-state index < -0.39 is 227 Å². The van der Waals surface area contributed by atoms with E-state index in [1.165, 1.54) is 102 Å². The monoisotopic (exact) mass is 1960 g/mol. The predicted octanol–water partition coefficient (Wildman–Crippen LogP) is 21.2. The molecule has 132 heavy (non-hydrogen) atoms. The molecule has 13 aromatic carbocycles. The number of hydrogen-bond acceptors (Lipinski definition) is 4. The van der Waals surface area contributed by atoms with Crippen LogP contribution in [0.5, 0.6) is 0 Å². The molecule has 3 aliphatic heterocycles. The fraction of sp³-hybridized carbons (Fsp3) is 0.204. The Hall–Kier alpha value is -9.89. The number of rotatable bonds is 16. The van der Waals surface area contributed by atoms with Crippen molar-refractivity contribution in [2.75, 3.05) is 39.6 Å². The van der Waals surface area contributed by atoms with E-state index in [2.05, 4.69) is 255 Å². The summed E-state index contributed by atoms with van der Waals surface area (Å²) < 4.78 is 356. The normalized spacial score (nSPS) is 13.8. The molecule has 0 atom stereocenters. The zero-order valence-corrected chi connectivity index (χ0v) is 74.2. The van der Waals surface area contributed by atoms with E-state index in [-0.39, 0.29) is 23.2 Å². The largest absolute Gasteiger partial charge is 2.00 e. The van der Waals surface area contributed by atoms with Gasteiger partial charge in [-0.05, 0) is 134 Å². The molecule has 0 amide bonds. The molecular formula is C98H81BF24FeNO3P3Si. The second-order valence-electron chi connectivity index (χ2n) is 30.1. The molecule has 0 aromatic heterocycles. The standard InChI is InChI=1S/C54H42P3Si.C32H12BF24.3C4H8O.Fe.H3N/c1-7-25-43(26-8-1)55(44-27-9-2-10-28-44)49-37-19-22-40-52(49)58(53-41-23-20-38-50(53)56(45-29-11-3-12-30-45)46-31-13-4-14-32-46)54-42-24-21-39-51(54)57(47-33-15-5-16-34-47)48-35-17-6-18-36-48;34-25(35,36)13-1-14(26(37,38)39)6-21(5-13)33(22-7-15(27(40,41)42)2-16(8-22)28(43,44)45,23-9-17(29(46,47)48)3-18(10-23)30(49,50)51)24-11-19(31(52,53)54)4-20(12-24)32(55,56)57;3*1-2-4-5-3-1;;/h1-42H;1-12H;3*1-4H2;;1H3/q2*-1;;;;+2;. The molecule has 0 saturated carbocycles. The Kier molecular flexibility index (Phi) is 35.5. The third-order valence-corrected chi connectivity index (χ3v) is 32.3. The van der Waals surface area contributed by atoms with Gasteiger partial charge in [0.05, 0.1) is 44.5 Å². The van der Waals surface area contributed by atoms with Gasteiger partial charge in [0.2, 0.25) is 0 Å². The van der Waals surface area contributed by atoms with Crippen LogP contribution in [-0.4, -0.2) is 54.6 Å². The topological polar surface area (TPSA) is 62.7 Å². The first kappa shape index (κ1) is 104. The van der Waals surface area contributed by atoms with Crippen molar-refractivity contribution in [3.05, 3.63) is 372 Å². The Morgan fingerprint density at radius 2 is 0.348 bits per heavy atom. The summed E-state index contributed by atoms with van der Waals surface area (Å²) in [6.07, 6.45) is -47.1. The van der Waals surface area contributed by atoms with Gasteiger partial charge in [-0.2, -0.15) is 143 Å². The molecule has 3 fully saturated rings. The van der Waals surface area contributed by atoms with Crippen molar-refractivity contribution < 1.29 is 137 Å². The molecule has 3 aliphatic rings. The molecule has 0 radical (unpaired) electrons. The molecular weight excluding hydrogens is 1880 g/mol. The van der Waals surface area contributed by atoms with Gasteiger partial charge in [0.25, 0.3) is 0 Å². The molecule has 3 N–H and O–H groups in total.